The zero-order valence-electron chi connectivity index (χ0n) is 22.0. The van der Waals surface area contributed by atoms with E-state index in [0.29, 0.717) is 29.6 Å². The molecular weight excluding hydrogens is 408 g/mol. The van der Waals surface area contributed by atoms with E-state index in [1.165, 1.54) is 6.42 Å². The van der Waals surface area contributed by atoms with E-state index >= 15 is 0 Å². The molecule has 0 aromatic rings. The van der Waals surface area contributed by atoms with Crippen LogP contribution in [0.1, 0.15) is 99.8 Å². The van der Waals surface area contributed by atoms with Crippen LogP contribution >= 0.6 is 0 Å². The minimum absolute atomic E-state index is 0.0424. The molecule has 1 spiro atoms. The monoisotopic (exact) mass is 454 g/mol. The Balaban J connectivity index is 1.52. The van der Waals surface area contributed by atoms with Crippen LogP contribution < -0.4 is 0 Å². The zero-order valence-corrected chi connectivity index (χ0v) is 22.0. The molecule has 1 N–H and O–H groups in total. The standard InChI is InChI=1S/C30H46O3/c1-18-8-14-29-17-16-28(7)27(6)13-9-20-25(3,4)22(31)11-12-26(20,5)21(27)10-15-30(28,33-24(29)32)23(29)19(18)2/h10,15,18-23,31H,8-9,11-14,16-17H2,1-7H3/t18-,19+,20+,21-,22+,23-,26+,27-,28+,29+,30+/m1/s1. The molecule has 0 radical (unpaired) electrons. The highest BCUT2D eigenvalue weighted by Crippen LogP contribution is 2.79. The molecule has 3 heteroatoms. The molecular formula is C30H46O3. The molecule has 184 valence electrons. The minimum atomic E-state index is -0.450. The van der Waals surface area contributed by atoms with E-state index in [1.807, 2.05) is 0 Å². The molecule has 3 nitrogen and oxygen atoms in total. The first-order chi connectivity index (χ1) is 15.3. The van der Waals surface area contributed by atoms with Crippen LogP contribution in [0.2, 0.25) is 0 Å². The van der Waals surface area contributed by atoms with E-state index in [4.69, 9.17) is 4.74 Å². The summed E-state index contributed by atoms with van der Waals surface area (Å²) in [7, 11) is 0. The van der Waals surface area contributed by atoms with Gasteiger partial charge in [-0.1, -0.05) is 54.5 Å². The summed E-state index contributed by atoms with van der Waals surface area (Å²) in [6, 6.07) is 0. The summed E-state index contributed by atoms with van der Waals surface area (Å²) < 4.78 is 6.71. The van der Waals surface area contributed by atoms with Crippen LogP contribution in [0.25, 0.3) is 0 Å². The van der Waals surface area contributed by atoms with Gasteiger partial charge in [-0.15, -0.1) is 0 Å². The fourth-order valence-electron chi connectivity index (χ4n) is 11.4. The van der Waals surface area contributed by atoms with Crippen molar-refractivity contribution in [2.24, 2.45) is 56.7 Å². The van der Waals surface area contributed by atoms with Gasteiger partial charge < -0.3 is 9.84 Å². The van der Waals surface area contributed by atoms with Gasteiger partial charge in [-0.3, -0.25) is 4.79 Å². The lowest BCUT2D eigenvalue weighted by Gasteiger charge is -2.72. The van der Waals surface area contributed by atoms with Gasteiger partial charge in [0.2, 0.25) is 0 Å². The molecule has 0 unspecified atom stereocenters. The minimum Gasteiger partial charge on any atom is -0.453 e. The molecule has 5 aliphatic carbocycles. The largest absolute Gasteiger partial charge is 0.453 e. The second-order valence-corrected chi connectivity index (χ2v) is 14.8. The van der Waals surface area contributed by atoms with Crippen molar-refractivity contribution in [2.75, 3.05) is 0 Å². The van der Waals surface area contributed by atoms with E-state index < -0.39 is 5.60 Å². The molecule has 1 heterocycles. The maximum atomic E-state index is 13.6. The fraction of sp³-hybridized carbons (Fsp3) is 0.900. The second-order valence-electron chi connectivity index (χ2n) is 14.8. The Morgan fingerprint density at radius 1 is 0.939 bits per heavy atom. The van der Waals surface area contributed by atoms with Crippen LogP contribution in [0.4, 0.5) is 0 Å². The van der Waals surface area contributed by atoms with Crippen molar-refractivity contribution in [3.63, 3.8) is 0 Å². The maximum absolute atomic E-state index is 13.6. The molecule has 5 fully saturated rings. The van der Waals surface area contributed by atoms with Gasteiger partial charge >= 0.3 is 5.97 Å². The lowest BCUT2D eigenvalue weighted by molar-refractivity contribution is -0.245. The fourth-order valence-corrected chi connectivity index (χ4v) is 11.4. The Hall–Kier alpha value is -0.830. The van der Waals surface area contributed by atoms with Crippen LogP contribution in [-0.2, 0) is 9.53 Å². The molecule has 0 aromatic heterocycles. The quantitative estimate of drug-likeness (QED) is 0.334. The summed E-state index contributed by atoms with van der Waals surface area (Å²) in [5, 5.41) is 10.9. The molecule has 0 aromatic carbocycles. The van der Waals surface area contributed by atoms with Crippen molar-refractivity contribution in [1.29, 1.82) is 0 Å². The Morgan fingerprint density at radius 2 is 1.67 bits per heavy atom. The van der Waals surface area contributed by atoms with Crippen LogP contribution in [0, 0.1) is 56.7 Å². The zero-order chi connectivity index (χ0) is 23.8. The Bertz CT molecular complexity index is 922. The summed E-state index contributed by atoms with van der Waals surface area (Å²) in [5.74, 6) is 2.56. The van der Waals surface area contributed by atoms with Crippen molar-refractivity contribution >= 4 is 5.97 Å². The molecule has 33 heavy (non-hydrogen) atoms. The molecule has 1 aliphatic heterocycles. The van der Waals surface area contributed by atoms with Crippen LogP contribution in [0.3, 0.4) is 0 Å². The average Bonchev–Trinajstić information content (AvgIpc) is 2.95. The molecule has 0 amide bonds. The number of carbonyl (C=O) groups excluding carboxylic acids is 1. The lowest BCUT2D eigenvalue weighted by atomic mass is 9.32. The third-order valence-electron chi connectivity index (χ3n) is 13.8. The molecule has 4 saturated carbocycles. The SMILES string of the molecule is C[C@H]1[C@H](C)CC[C@@]23CC[C@]4(C)[C@@](C=C[C@@H]5[C@@]6(C)CC[C@H](O)C(C)(C)[C@@H]6CC[C@]54C)(OC2=O)[C@H]13. The highest BCUT2D eigenvalue weighted by atomic mass is 16.6. The van der Waals surface area contributed by atoms with Crippen molar-refractivity contribution in [3.05, 3.63) is 12.2 Å². The van der Waals surface area contributed by atoms with Crippen LogP contribution in [0.15, 0.2) is 12.2 Å². The summed E-state index contributed by atoms with van der Waals surface area (Å²) in [6.45, 7) is 17.0. The van der Waals surface area contributed by atoms with E-state index in [2.05, 4.69) is 60.6 Å². The number of rotatable bonds is 0. The van der Waals surface area contributed by atoms with Crippen molar-refractivity contribution in [1.82, 2.24) is 0 Å². The predicted octanol–water partition coefficient (Wildman–Crippen LogP) is 6.54. The molecule has 6 aliphatic rings. The van der Waals surface area contributed by atoms with Gasteiger partial charge in [-0.25, -0.2) is 0 Å². The third kappa shape index (κ3) is 2.23. The maximum Gasteiger partial charge on any atom is 0.313 e. The normalized spacial score (nSPS) is 60.8. The van der Waals surface area contributed by atoms with Crippen LogP contribution in [0.5, 0.6) is 0 Å². The molecule has 6 rings (SSSR count). The Labute approximate surface area is 201 Å². The number of ether oxygens (including phenoxy) is 1. The van der Waals surface area contributed by atoms with E-state index in [9.17, 15) is 9.90 Å². The number of fused-ring (bicyclic) bond motifs is 4. The number of esters is 1. The second kappa shape index (κ2) is 6.29. The van der Waals surface area contributed by atoms with E-state index in [1.54, 1.807) is 0 Å². The first-order valence-electron chi connectivity index (χ1n) is 13.9. The van der Waals surface area contributed by atoms with E-state index in [-0.39, 0.29) is 39.1 Å². The number of hydrogen-bond donors (Lipinski definition) is 1. The van der Waals surface area contributed by atoms with Gasteiger partial charge in [0.25, 0.3) is 0 Å². The van der Waals surface area contributed by atoms with Crippen molar-refractivity contribution in [3.8, 4) is 0 Å². The van der Waals surface area contributed by atoms with Gasteiger partial charge in [-0.05, 0) is 97.4 Å². The average molecular weight is 455 g/mol. The molecule has 11 atom stereocenters. The first kappa shape index (κ1) is 22.6. The van der Waals surface area contributed by atoms with Crippen LogP contribution in [-0.4, -0.2) is 22.8 Å². The highest BCUT2D eigenvalue weighted by molar-refractivity contribution is 5.82. The predicted molar refractivity (Wildman–Crippen MR) is 130 cm³/mol. The Kier molecular flexibility index (Phi) is 4.31. The Morgan fingerprint density at radius 3 is 2.39 bits per heavy atom. The number of hydrogen-bond acceptors (Lipinski definition) is 3. The first-order valence-corrected chi connectivity index (χ1v) is 13.9. The number of aliphatic hydroxyl groups is 1. The molecule has 1 saturated heterocycles. The summed E-state index contributed by atoms with van der Waals surface area (Å²) in [5.41, 5.74) is -0.514. The molecule has 2 bridgehead atoms. The highest BCUT2D eigenvalue weighted by Gasteiger charge is 2.80. The van der Waals surface area contributed by atoms with E-state index in [0.717, 1.165) is 44.9 Å². The summed E-state index contributed by atoms with van der Waals surface area (Å²) >= 11 is 0. The number of aliphatic hydroxyl groups excluding tert-OH is 1. The van der Waals surface area contributed by atoms with Gasteiger partial charge in [0, 0.05) is 11.3 Å². The van der Waals surface area contributed by atoms with Gasteiger partial charge in [0.1, 0.15) is 5.60 Å². The van der Waals surface area contributed by atoms with Gasteiger partial charge in [0.15, 0.2) is 0 Å². The van der Waals surface area contributed by atoms with Gasteiger partial charge in [-0.2, -0.15) is 0 Å². The van der Waals surface area contributed by atoms with Crippen molar-refractivity contribution in [2.45, 2.75) is 112 Å². The third-order valence-corrected chi connectivity index (χ3v) is 13.8. The lowest BCUT2D eigenvalue weighted by Crippen LogP contribution is -2.71. The smallest absolute Gasteiger partial charge is 0.313 e. The summed E-state index contributed by atoms with van der Waals surface area (Å²) in [4.78, 5) is 13.6. The van der Waals surface area contributed by atoms with Crippen molar-refractivity contribution < 1.29 is 14.6 Å². The topological polar surface area (TPSA) is 46.5 Å². The summed E-state index contributed by atoms with van der Waals surface area (Å²) in [6.07, 6.45) is 13.4. The van der Waals surface area contributed by atoms with Gasteiger partial charge in [0.05, 0.1) is 11.5 Å². The number of allylic oxidation sites excluding steroid dienone is 1. The number of carbonyl (C=O) groups is 1.